The lowest BCUT2D eigenvalue weighted by molar-refractivity contribution is 0.289. The van der Waals surface area contributed by atoms with Crippen molar-refractivity contribution < 1.29 is 5.11 Å². The van der Waals surface area contributed by atoms with Gasteiger partial charge in [0.1, 0.15) is 5.01 Å². The normalized spacial score (nSPS) is 10.6. The Morgan fingerprint density at radius 1 is 1.31 bits per heavy atom. The summed E-state index contributed by atoms with van der Waals surface area (Å²) in [5.74, 6) is 0. The van der Waals surface area contributed by atoms with E-state index in [0.29, 0.717) is 0 Å². The number of hydrogen-bond donors (Lipinski definition) is 1. The molecule has 0 unspecified atom stereocenters. The summed E-state index contributed by atoms with van der Waals surface area (Å²) in [5, 5.41) is 9.85. The highest BCUT2D eigenvalue weighted by Crippen LogP contribution is 2.28. The fraction of sp³-hybridized carbons (Fsp3) is 0.333. The van der Waals surface area contributed by atoms with E-state index in [1.807, 2.05) is 19.1 Å². The molecule has 3 nitrogen and oxygen atoms in total. The predicted octanol–water partition coefficient (Wildman–Crippen LogP) is 2.44. The molecule has 4 heteroatoms. The van der Waals surface area contributed by atoms with E-state index in [4.69, 9.17) is 5.11 Å². The number of aromatic nitrogens is 2. The summed E-state index contributed by atoms with van der Waals surface area (Å²) >= 11 is 1.70. The van der Waals surface area contributed by atoms with Gasteiger partial charge in [-0.25, -0.2) is 4.98 Å². The minimum Gasteiger partial charge on any atom is -0.396 e. The minimum atomic E-state index is 0.238. The smallest absolute Gasteiger partial charge is 0.123 e. The number of nitrogens with zero attached hydrogens (tertiary/aromatic N) is 2. The topological polar surface area (TPSA) is 46.0 Å². The van der Waals surface area contributed by atoms with Crippen molar-refractivity contribution in [3.63, 3.8) is 0 Å². The van der Waals surface area contributed by atoms with E-state index in [2.05, 4.69) is 9.97 Å². The first-order chi connectivity index (χ1) is 7.81. The van der Waals surface area contributed by atoms with Gasteiger partial charge in [0.05, 0.1) is 5.69 Å². The molecule has 0 amide bonds. The summed E-state index contributed by atoms with van der Waals surface area (Å²) in [7, 11) is 0. The first-order valence-corrected chi connectivity index (χ1v) is 6.10. The molecular formula is C12H14N2OS. The Labute approximate surface area is 98.8 Å². The molecule has 0 saturated heterocycles. The first-order valence-electron chi connectivity index (χ1n) is 5.29. The molecule has 0 aliphatic heterocycles. The average Bonchev–Trinajstić information content (AvgIpc) is 2.69. The molecule has 0 aromatic carbocycles. The molecular weight excluding hydrogens is 220 g/mol. The van der Waals surface area contributed by atoms with Gasteiger partial charge in [-0.15, -0.1) is 11.3 Å². The van der Waals surface area contributed by atoms with Crippen LogP contribution in [-0.2, 0) is 6.42 Å². The van der Waals surface area contributed by atoms with Gasteiger partial charge in [0.25, 0.3) is 0 Å². The van der Waals surface area contributed by atoms with Crippen molar-refractivity contribution in [3.05, 3.63) is 35.1 Å². The summed E-state index contributed by atoms with van der Waals surface area (Å²) in [6, 6.07) is 3.93. The van der Waals surface area contributed by atoms with E-state index in [-0.39, 0.29) is 6.61 Å². The SMILES string of the molecule is Cc1nc(-c2ccncc2)sc1CCCO. The Bertz CT molecular complexity index is 453. The van der Waals surface area contributed by atoms with Gasteiger partial charge >= 0.3 is 0 Å². The minimum absolute atomic E-state index is 0.238. The number of aliphatic hydroxyl groups excluding tert-OH is 1. The van der Waals surface area contributed by atoms with Gasteiger partial charge in [0.2, 0.25) is 0 Å². The zero-order chi connectivity index (χ0) is 11.4. The van der Waals surface area contributed by atoms with Crippen LogP contribution in [0.2, 0.25) is 0 Å². The lowest BCUT2D eigenvalue weighted by atomic mass is 10.2. The maximum absolute atomic E-state index is 8.82. The second-order valence-electron chi connectivity index (χ2n) is 3.59. The standard InChI is InChI=1S/C12H14N2OS/c1-9-11(3-2-8-15)16-12(14-9)10-4-6-13-7-5-10/h4-7,15H,2-3,8H2,1H3. The number of aliphatic hydroxyl groups is 1. The molecule has 2 heterocycles. The molecule has 2 aromatic heterocycles. The molecule has 0 radical (unpaired) electrons. The van der Waals surface area contributed by atoms with Crippen LogP contribution in [0.3, 0.4) is 0 Å². The predicted molar refractivity (Wildman–Crippen MR) is 65.5 cm³/mol. The van der Waals surface area contributed by atoms with Gasteiger partial charge in [0.15, 0.2) is 0 Å². The lowest BCUT2D eigenvalue weighted by Gasteiger charge is -1.94. The van der Waals surface area contributed by atoms with E-state index in [9.17, 15) is 0 Å². The van der Waals surface area contributed by atoms with Crippen LogP contribution in [0.15, 0.2) is 24.5 Å². The van der Waals surface area contributed by atoms with Gasteiger partial charge in [0, 0.05) is 29.4 Å². The molecule has 0 spiro atoms. The van der Waals surface area contributed by atoms with Crippen LogP contribution in [0, 0.1) is 6.92 Å². The van der Waals surface area contributed by atoms with Crippen molar-refractivity contribution in [1.82, 2.24) is 9.97 Å². The maximum Gasteiger partial charge on any atom is 0.123 e. The Hall–Kier alpha value is -1.26. The molecule has 1 N–H and O–H groups in total. The maximum atomic E-state index is 8.82. The van der Waals surface area contributed by atoms with E-state index in [1.54, 1.807) is 23.7 Å². The summed E-state index contributed by atoms with van der Waals surface area (Å²) in [5.41, 5.74) is 2.18. The highest BCUT2D eigenvalue weighted by Gasteiger charge is 2.08. The molecule has 2 rings (SSSR count). The van der Waals surface area contributed by atoms with Crippen LogP contribution in [0.4, 0.5) is 0 Å². The zero-order valence-electron chi connectivity index (χ0n) is 9.18. The van der Waals surface area contributed by atoms with E-state index in [0.717, 1.165) is 29.1 Å². The molecule has 16 heavy (non-hydrogen) atoms. The summed E-state index contributed by atoms with van der Waals surface area (Å²) in [6.07, 6.45) is 5.27. The summed E-state index contributed by atoms with van der Waals surface area (Å²) < 4.78 is 0. The fourth-order valence-electron chi connectivity index (χ4n) is 1.52. The Kier molecular flexibility index (Phi) is 3.64. The van der Waals surface area contributed by atoms with Gasteiger partial charge < -0.3 is 5.11 Å². The summed E-state index contributed by atoms with van der Waals surface area (Å²) in [4.78, 5) is 9.80. The second kappa shape index (κ2) is 5.18. The number of aryl methyl sites for hydroxylation is 2. The quantitative estimate of drug-likeness (QED) is 0.883. The molecule has 84 valence electrons. The van der Waals surface area contributed by atoms with Crippen molar-refractivity contribution in [2.45, 2.75) is 19.8 Å². The third-order valence-corrected chi connectivity index (χ3v) is 3.65. The van der Waals surface area contributed by atoms with Crippen molar-refractivity contribution in [2.24, 2.45) is 0 Å². The highest BCUT2D eigenvalue weighted by atomic mass is 32.1. The molecule has 0 aliphatic rings. The van der Waals surface area contributed by atoms with Crippen LogP contribution in [0.5, 0.6) is 0 Å². The zero-order valence-corrected chi connectivity index (χ0v) is 10.00. The van der Waals surface area contributed by atoms with Crippen molar-refractivity contribution in [3.8, 4) is 10.6 Å². The third kappa shape index (κ3) is 2.46. The van der Waals surface area contributed by atoms with Crippen molar-refractivity contribution >= 4 is 11.3 Å². The Morgan fingerprint density at radius 2 is 2.06 bits per heavy atom. The van der Waals surface area contributed by atoms with Crippen LogP contribution < -0.4 is 0 Å². The number of pyridine rings is 1. The lowest BCUT2D eigenvalue weighted by Crippen LogP contribution is -1.88. The van der Waals surface area contributed by atoms with Gasteiger partial charge in [-0.1, -0.05) is 0 Å². The molecule has 0 fully saturated rings. The highest BCUT2D eigenvalue weighted by molar-refractivity contribution is 7.15. The second-order valence-corrected chi connectivity index (χ2v) is 4.67. The monoisotopic (exact) mass is 234 g/mol. The largest absolute Gasteiger partial charge is 0.396 e. The van der Waals surface area contributed by atoms with Gasteiger partial charge in [-0.3, -0.25) is 4.98 Å². The third-order valence-electron chi connectivity index (χ3n) is 2.38. The molecule has 0 aliphatic carbocycles. The van der Waals surface area contributed by atoms with E-state index >= 15 is 0 Å². The fourth-order valence-corrected chi connectivity index (χ4v) is 2.63. The summed E-state index contributed by atoms with van der Waals surface area (Å²) in [6.45, 7) is 2.26. The number of rotatable bonds is 4. The Morgan fingerprint density at radius 3 is 2.75 bits per heavy atom. The number of thiazole rings is 1. The van der Waals surface area contributed by atoms with Gasteiger partial charge in [-0.05, 0) is 31.9 Å². The molecule has 0 saturated carbocycles. The number of hydrogen-bond acceptors (Lipinski definition) is 4. The van der Waals surface area contributed by atoms with Crippen LogP contribution in [-0.4, -0.2) is 21.7 Å². The van der Waals surface area contributed by atoms with Crippen molar-refractivity contribution in [1.29, 1.82) is 0 Å². The van der Waals surface area contributed by atoms with Crippen molar-refractivity contribution in [2.75, 3.05) is 6.61 Å². The molecule has 0 bridgehead atoms. The van der Waals surface area contributed by atoms with E-state index in [1.165, 1.54) is 4.88 Å². The first kappa shape index (κ1) is 11.2. The molecule has 2 aromatic rings. The van der Waals surface area contributed by atoms with E-state index < -0.39 is 0 Å². The van der Waals surface area contributed by atoms with Gasteiger partial charge in [-0.2, -0.15) is 0 Å². The van der Waals surface area contributed by atoms with Crippen LogP contribution in [0.1, 0.15) is 17.0 Å². The van der Waals surface area contributed by atoms with Crippen LogP contribution >= 0.6 is 11.3 Å². The average molecular weight is 234 g/mol. The molecule has 0 atom stereocenters. The Balaban J connectivity index is 2.24. The van der Waals surface area contributed by atoms with Crippen LogP contribution in [0.25, 0.3) is 10.6 Å².